The number of anilines is 1. The molecular formula is C18H18FN3O2S2. The lowest BCUT2D eigenvalue weighted by Gasteiger charge is -2.18. The predicted molar refractivity (Wildman–Crippen MR) is 104 cm³/mol. The second kappa shape index (κ2) is 7.51. The van der Waals surface area contributed by atoms with Crippen molar-refractivity contribution in [1.82, 2.24) is 5.32 Å². The molecule has 0 spiro atoms. The van der Waals surface area contributed by atoms with Crippen LogP contribution >= 0.6 is 23.6 Å². The van der Waals surface area contributed by atoms with Gasteiger partial charge in [-0.2, -0.15) is 0 Å². The number of hydrogen-bond donors (Lipinski definition) is 3. The molecule has 3 rings (SSSR count). The molecule has 0 fully saturated rings. The van der Waals surface area contributed by atoms with Crippen molar-refractivity contribution in [2.45, 2.75) is 26.2 Å². The second-order valence-electron chi connectivity index (χ2n) is 6.34. The molecule has 1 heterocycles. The quantitative estimate of drug-likeness (QED) is 0.702. The van der Waals surface area contributed by atoms with Crippen LogP contribution in [0.4, 0.5) is 9.39 Å². The van der Waals surface area contributed by atoms with Gasteiger partial charge in [0.05, 0.1) is 5.56 Å². The summed E-state index contributed by atoms with van der Waals surface area (Å²) in [4.78, 5) is 25.2. The number of hydrogen-bond acceptors (Lipinski definition) is 4. The van der Waals surface area contributed by atoms with Crippen molar-refractivity contribution in [3.63, 3.8) is 0 Å². The topological polar surface area (TPSA) is 84.2 Å². The number of carbonyl (C=O) groups excluding carboxylic acids is 2. The molecule has 0 saturated carbocycles. The van der Waals surface area contributed by atoms with Crippen molar-refractivity contribution in [1.29, 1.82) is 0 Å². The van der Waals surface area contributed by atoms with Crippen LogP contribution in [-0.2, 0) is 12.8 Å². The zero-order chi connectivity index (χ0) is 18.8. The van der Waals surface area contributed by atoms with E-state index in [2.05, 4.69) is 17.6 Å². The van der Waals surface area contributed by atoms with Crippen LogP contribution in [0.25, 0.3) is 0 Å². The minimum atomic E-state index is -0.507. The van der Waals surface area contributed by atoms with Crippen molar-refractivity contribution >= 4 is 45.5 Å². The molecule has 8 heteroatoms. The maximum atomic E-state index is 12.9. The number of halogens is 1. The van der Waals surface area contributed by atoms with Gasteiger partial charge < -0.3 is 11.1 Å². The number of thiocarbonyl (C=S) groups is 1. The third kappa shape index (κ3) is 3.91. The summed E-state index contributed by atoms with van der Waals surface area (Å²) in [7, 11) is 0. The molecule has 0 unspecified atom stereocenters. The van der Waals surface area contributed by atoms with Crippen LogP contribution in [0.5, 0.6) is 0 Å². The van der Waals surface area contributed by atoms with Crippen LogP contribution in [0.3, 0.4) is 0 Å². The Morgan fingerprint density at radius 3 is 2.65 bits per heavy atom. The van der Waals surface area contributed by atoms with Crippen LogP contribution in [0.1, 0.15) is 44.5 Å². The first-order valence-electron chi connectivity index (χ1n) is 8.17. The summed E-state index contributed by atoms with van der Waals surface area (Å²) >= 11 is 6.63. The molecule has 1 aliphatic rings. The summed E-state index contributed by atoms with van der Waals surface area (Å²) in [6, 6.07) is 5.14. The lowest BCUT2D eigenvalue weighted by atomic mass is 9.88. The van der Waals surface area contributed by atoms with Crippen molar-refractivity contribution in [2.75, 3.05) is 5.32 Å². The van der Waals surface area contributed by atoms with E-state index in [1.165, 1.54) is 35.6 Å². The maximum Gasteiger partial charge on any atom is 0.257 e. The van der Waals surface area contributed by atoms with E-state index in [0.29, 0.717) is 16.5 Å². The van der Waals surface area contributed by atoms with Gasteiger partial charge >= 0.3 is 0 Å². The molecule has 1 aromatic carbocycles. The second-order valence-corrected chi connectivity index (χ2v) is 7.85. The molecule has 0 bridgehead atoms. The summed E-state index contributed by atoms with van der Waals surface area (Å²) in [6.45, 7) is 2.17. The summed E-state index contributed by atoms with van der Waals surface area (Å²) in [6.07, 6.45) is 2.72. The van der Waals surface area contributed by atoms with Crippen LogP contribution in [0, 0.1) is 11.7 Å². The molecule has 1 atom stereocenters. The number of benzene rings is 1. The smallest absolute Gasteiger partial charge is 0.257 e. The largest absolute Gasteiger partial charge is 0.365 e. The normalized spacial score (nSPS) is 15.8. The van der Waals surface area contributed by atoms with Crippen molar-refractivity contribution in [3.05, 3.63) is 51.7 Å². The molecule has 1 aromatic heterocycles. The molecule has 26 heavy (non-hydrogen) atoms. The molecule has 136 valence electrons. The molecule has 2 aromatic rings. The van der Waals surface area contributed by atoms with Crippen molar-refractivity contribution in [3.8, 4) is 0 Å². The first-order chi connectivity index (χ1) is 12.3. The van der Waals surface area contributed by atoms with Gasteiger partial charge in [-0.3, -0.25) is 14.9 Å². The van der Waals surface area contributed by atoms with Crippen LogP contribution in [0.15, 0.2) is 24.3 Å². The van der Waals surface area contributed by atoms with Gasteiger partial charge in [0.2, 0.25) is 0 Å². The number of amides is 2. The lowest BCUT2D eigenvalue weighted by Crippen LogP contribution is -2.34. The van der Waals surface area contributed by atoms with E-state index in [9.17, 15) is 14.0 Å². The predicted octanol–water partition coefficient (Wildman–Crippen LogP) is 3.24. The Morgan fingerprint density at radius 2 is 2.00 bits per heavy atom. The van der Waals surface area contributed by atoms with E-state index in [1.54, 1.807) is 0 Å². The van der Waals surface area contributed by atoms with E-state index < -0.39 is 17.6 Å². The van der Waals surface area contributed by atoms with Gasteiger partial charge in [0, 0.05) is 10.4 Å². The number of rotatable bonds is 3. The molecule has 2 amide bonds. The highest BCUT2D eigenvalue weighted by molar-refractivity contribution is 7.80. The molecule has 0 saturated heterocycles. The Balaban J connectivity index is 1.76. The third-order valence-electron chi connectivity index (χ3n) is 4.32. The first kappa shape index (κ1) is 18.5. The highest BCUT2D eigenvalue weighted by atomic mass is 32.1. The Labute approximate surface area is 159 Å². The molecule has 0 aliphatic heterocycles. The number of primary amides is 1. The number of nitrogens with one attached hydrogen (secondary N) is 2. The van der Waals surface area contributed by atoms with Gasteiger partial charge in [-0.15, -0.1) is 11.3 Å². The minimum absolute atomic E-state index is 0.0634. The Kier molecular flexibility index (Phi) is 5.33. The zero-order valence-electron chi connectivity index (χ0n) is 14.1. The standard InChI is InChI=1S/C18H18FN3O2S2/c1-9-2-7-12-13(8-9)26-17(14(12)15(20)23)22-18(25)21-16(24)10-3-5-11(19)6-4-10/h3-6,9H,2,7-8H2,1H3,(H2,20,23)(H2,21,22,24,25)/t9-/m0/s1. The average molecular weight is 391 g/mol. The molecule has 0 radical (unpaired) electrons. The van der Waals surface area contributed by atoms with Gasteiger partial charge in [-0.1, -0.05) is 6.92 Å². The Hall–Kier alpha value is -2.32. The third-order valence-corrected chi connectivity index (χ3v) is 5.69. The first-order valence-corrected chi connectivity index (χ1v) is 9.40. The van der Waals surface area contributed by atoms with Gasteiger partial charge in [-0.25, -0.2) is 4.39 Å². The van der Waals surface area contributed by atoms with Crippen molar-refractivity contribution < 1.29 is 14.0 Å². The van der Waals surface area contributed by atoms with E-state index in [-0.39, 0.29) is 10.7 Å². The van der Waals surface area contributed by atoms with E-state index in [4.69, 9.17) is 18.0 Å². The van der Waals surface area contributed by atoms with Gasteiger partial charge in [0.1, 0.15) is 10.8 Å². The Bertz CT molecular complexity index is 877. The fraction of sp³-hybridized carbons (Fsp3) is 0.278. The number of thiophene rings is 1. The highest BCUT2D eigenvalue weighted by Gasteiger charge is 2.27. The van der Waals surface area contributed by atoms with Crippen LogP contribution in [0.2, 0.25) is 0 Å². The summed E-state index contributed by atoms with van der Waals surface area (Å²) in [5.74, 6) is -0.836. The summed E-state index contributed by atoms with van der Waals surface area (Å²) in [5.41, 5.74) is 7.28. The fourth-order valence-corrected chi connectivity index (χ4v) is 4.69. The highest BCUT2D eigenvalue weighted by Crippen LogP contribution is 2.39. The van der Waals surface area contributed by atoms with Gasteiger partial charge in [-0.05, 0) is 67.2 Å². The van der Waals surface area contributed by atoms with E-state index in [1.807, 2.05) is 0 Å². The maximum absolute atomic E-state index is 12.9. The summed E-state index contributed by atoms with van der Waals surface area (Å²) < 4.78 is 12.9. The molecule has 1 aliphatic carbocycles. The molecule has 5 nitrogen and oxygen atoms in total. The minimum Gasteiger partial charge on any atom is -0.365 e. The van der Waals surface area contributed by atoms with Crippen LogP contribution < -0.4 is 16.4 Å². The monoisotopic (exact) mass is 391 g/mol. The van der Waals surface area contributed by atoms with E-state index in [0.717, 1.165) is 29.7 Å². The van der Waals surface area contributed by atoms with E-state index >= 15 is 0 Å². The SMILES string of the molecule is C[C@H]1CCc2c(sc(NC(=S)NC(=O)c3ccc(F)cc3)c2C(N)=O)C1. The zero-order valence-corrected chi connectivity index (χ0v) is 15.7. The number of fused-ring (bicyclic) bond motifs is 1. The fourth-order valence-electron chi connectivity index (χ4n) is 3.01. The van der Waals surface area contributed by atoms with Crippen molar-refractivity contribution in [2.24, 2.45) is 11.7 Å². The number of nitrogens with two attached hydrogens (primary N) is 1. The summed E-state index contributed by atoms with van der Waals surface area (Å²) in [5, 5.41) is 6.07. The van der Waals surface area contributed by atoms with Gasteiger partial charge in [0.25, 0.3) is 11.8 Å². The van der Waals surface area contributed by atoms with Crippen LogP contribution in [-0.4, -0.2) is 16.9 Å². The molecule has 4 N–H and O–H groups in total. The number of carbonyl (C=O) groups is 2. The average Bonchev–Trinajstić information content (AvgIpc) is 2.91. The Morgan fingerprint density at radius 1 is 1.31 bits per heavy atom. The van der Waals surface area contributed by atoms with Gasteiger partial charge in [0.15, 0.2) is 5.11 Å². The lowest BCUT2D eigenvalue weighted by molar-refractivity contribution is 0.0975. The molecular weight excluding hydrogens is 373 g/mol.